The first-order chi connectivity index (χ1) is 9.71. The lowest BCUT2D eigenvalue weighted by atomic mass is 9.96. The largest absolute Gasteiger partial charge is 0.241 e. The zero-order valence-electron chi connectivity index (χ0n) is 11.6. The molecule has 112 valence electrons. The van der Waals surface area contributed by atoms with Gasteiger partial charge in [-0.25, -0.2) is 13.1 Å². The Morgan fingerprint density at radius 2 is 1.57 bits per heavy atom. The summed E-state index contributed by atoms with van der Waals surface area (Å²) in [6, 6.07) is 14.2. The Balaban J connectivity index is 2.32. The highest BCUT2D eigenvalue weighted by atomic mass is 79.9. The van der Waals surface area contributed by atoms with Gasteiger partial charge in [0.2, 0.25) is 10.0 Å². The van der Waals surface area contributed by atoms with Crippen molar-refractivity contribution in [1.29, 1.82) is 0 Å². The van der Waals surface area contributed by atoms with Gasteiger partial charge in [0.25, 0.3) is 0 Å². The minimum Gasteiger partial charge on any atom is -0.207 e. The lowest BCUT2D eigenvalue weighted by Gasteiger charge is -2.26. The number of benzene rings is 2. The van der Waals surface area contributed by atoms with Crippen LogP contribution in [0.5, 0.6) is 0 Å². The molecule has 0 aromatic heterocycles. The predicted molar refractivity (Wildman–Crippen MR) is 91.6 cm³/mol. The van der Waals surface area contributed by atoms with Crippen molar-refractivity contribution < 1.29 is 8.42 Å². The van der Waals surface area contributed by atoms with Gasteiger partial charge in [-0.05, 0) is 49.7 Å². The molecule has 2 rings (SSSR count). The van der Waals surface area contributed by atoms with Crippen molar-refractivity contribution in [3.05, 3.63) is 63.0 Å². The molecule has 0 spiro atoms. The molecule has 0 atom stereocenters. The highest BCUT2D eigenvalue weighted by Crippen LogP contribution is 2.25. The first-order valence-electron chi connectivity index (χ1n) is 6.26. The normalized spacial score (nSPS) is 12.4. The van der Waals surface area contributed by atoms with Gasteiger partial charge in [0.05, 0.1) is 10.4 Å². The molecule has 6 heteroatoms. The third kappa shape index (κ3) is 4.16. The number of nitrogens with one attached hydrogen (secondary N) is 1. The molecule has 2 aromatic rings. The summed E-state index contributed by atoms with van der Waals surface area (Å²) in [4.78, 5) is 0.238. The molecule has 0 unspecified atom stereocenters. The van der Waals surface area contributed by atoms with E-state index >= 15 is 0 Å². The summed E-state index contributed by atoms with van der Waals surface area (Å²) in [7, 11) is -3.59. The number of sulfonamides is 1. The van der Waals surface area contributed by atoms with Crippen molar-refractivity contribution >= 4 is 41.9 Å². The van der Waals surface area contributed by atoms with Crippen LogP contribution in [0.1, 0.15) is 19.4 Å². The molecule has 0 aliphatic rings. The van der Waals surface area contributed by atoms with E-state index in [1.165, 1.54) is 0 Å². The molecule has 0 bridgehead atoms. The second-order valence-electron chi connectivity index (χ2n) is 5.19. The average Bonchev–Trinajstić information content (AvgIpc) is 2.38. The van der Waals surface area contributed by atoms with E-state index in [-0.39, 0.29) is 4.90 Å². The van der Waals surface area contributed by atoms with E-state index in [1.54, 1.807) is 24.3 Å². The first kappa shape index (κ1) is 16.7. The molecule has 3 nitrogen and oxygen atoms in total. The van der Waals surface area contributed by atoms with Gasteiger partial charge in [-0.3, -0.25) is 0 Å². The molecule has 1 N–H and O–H groups in total. The van der Waals surface area contributed by atoms with E-state index in [2.05, 4.69) is 36.6 Å². The van der Waals surface area contributed by atoms with Crippen molar-refractivity contribution in [3.63, 3.8) is 0 Å². The van der Waals surface area contributed by atoms with Crippen molar-refractivity contribution in [2.24, 2.45) is 0 Å². The Hall–Kier alpha value is -0.690. The fourth-order valence-corrected chi connectivity index (χ4v) is 4.22. The smallest absolute Gasteiger partial charge is 0.207 e. The first-order valence-corrected chi connectivity index (χ1v) is 9.33. The van der Waals surface area contributed by atoms with Crippen LogP contribution >= 0.6 is 31.9 Å². The fraction of sp³-hybridized carbons (Fsp3) is 0.200. The topological polar surface area (TPSA) is 46.2 Å². The highest BCUT2D eigenvalue weighted by Gasteiger charge is 2.27. The van der Waals surface area contributed by atoms with Gasteiger partial charge in [-0.15, -0.1) is 0 Å². The van der Waals surface area contributed by atoms with Crippen LogP contribution in [-0.4, -0.2) is 8.42 Å². The molecule has 0 fully saturated rings. The van der Waals surface area contributed by atoms with Crippen LogP contribution in [0.15, 0.2) is 62.4 Å². The zero-order valence-corrected chi connectivity index (χ0v) is 15.6. The summed E-state index contributed by atoms with van der Waals surface area (Å²) in [6.45, 7) is 3.68. The lowest BCUT2D eigenvalue weighted by molar-refractivity contribution is 0.472. The van der Waals surface area contributed by atoms with Crippen LogP contribution in [0.4, 0.5) is 0 Å². The number of hydrogen-bond donors (Lipinski definition) is 1. The third-order valence-corrected chi connectivity index (χ3v) is 5.74. The van der Waals surface area contributed by atoms with E-state index in [1.807, 2.05) is 38.1 Å². The third-order valence-electron chi connectivity index (χ3n) is 3.06. The molecule has 0 aliphatic carbocycles. The van der Waals surface area contributed by atoms with Crippen LogP contribution in [-0.2, 0) is 15.6 Å². The molecule has 0 saturated carbocycles. The quantitative estimate of drug-likeness (QED) is 0.776. The molecule has 0 heterocycles. The van der Waals surface area contributed by atoms with Crippen LogP contribution in [0.2, 0.25) is 0 Å². The van der Waals surface area contributed by atoms with E-state index < -0.39 is 15.6 Å². The van der Waals surface area contributed by atoms with Gasteiger partial charge in [0, 0.05) is 8.95 Å². The van der Waals surface area contributed by atoms with Crippen molar-refractivity contribution in [3.8, 4) is 0 Å². The maximum Gasteiger partial charge on any atom is 0.241 e. The van der Waals surface area contributed by atoms with E-state index in [0.29, 0.717) is 0 Å². The standard InChI is InChI=1S/C15H15Br2NO2S/c1-15(2,11-6-8-12(16)9-7-11)18-21(19,20)14-5-3-4-13(17)10-14/h3-10,18H,1-2H3. The Kier molecular flexibility index (Phi) is 4.92. The van der Waals surface area contributed by atoms with Crippen molar-refractivity contribution in [1.82, 2.24) is 4.72 Å². The number of rotatable bonds is 4. The average molecular weight is 433 g/mol. The Labute approximate surface area is 142 Å². The summed E-state index contributed by atoms with van der Waals surface area (Å²) in [5.74, 6) is 0. The second kappa shape index (κ2) is 6.20. The summed E-state index contributed by atoms with van der Waals surface area (Å²) in [5, 5.41) is 0. The maximum atomic E-state index is 12.5. The van der Waals surface area contributed by atoms with Crippen molar-refractivity contribution in [2.45, 2.75) is 24.3 Å². The summed E-state index contributed by atoms with van der Waals surface area (Å²) in [5.41, 5.74) is 0.186. The number of halogens is 2. The highest BCUT2D eigenvalue weighted by molar-refractivity contribution is 9.10. The SMILES string of the molecule is CC(C)(NS(=O)(=O)c1cccc(Br)c1)c1ccc(Br)cc1. The molecule has 0 aliphatic heterocycles. The van der Waals surface area contributed by atoms with E-state index in [0.717, 1.165) is 14.5 Å². The van der Waals surface area contributed by atoms with Gasteiger partial charge < -0.3 is 0 Å². The molecule has 0 radical (unpaired) electrons. The van der Waals surface area contributed by atoms with E-state index in [9.17, 15) is 8.42 Å². The fourth-order valence-electron chi connectivity index (χ4n) is 1.95. The van der Waals surface area contributed by atoms with Gasteiger partial charge in [-0.1, -0.05) is 50.1 Å². The minimum absolute atomic E-state index is 0.238. The summed E-state index contributed by atoms with van der Waals surface area (Å²) >= 11 is 6.66. The summed E-state index contributed by atoms with van der Waals surface area (Å²) < 4.78 is 29.4. The molecule has 0 amide bonds. The minimum atomic E-state index is -3.59. The molecular formula is C15H15Br2NO2S. The zero-order chi connectivity index (χ0) is 15.7. The molecular weight excluding hydrogens is 418 g/mol. The Morgan fingerprint density at radius 3 is 2.14 bits per heavy atom. The van der Waals surface area contributed by atoms with Crippen molar-refractivity contribution in [2.75, 3.05) is 0 Å². The van der Waals surface area contributed by atoms with Gasteiger partial charge in [0.15, 0.2) is 0 Å². The molecule has 0 saturated heterocycles. The van der Waals surface area contributed by atoms with Gasteiger partial charge in [0.1, 0.15) is 0 Å². The monoisotopic (exact) mass is 431 g/mol. The van der Waals surface area contributed by atoms with Gasteiger partial charge in [-0.2, -0.15) is 0 Å². The maximum absolute atomic E-state index is 12.5. The number of hydrogen-bond acceptors (Lipinski definition) is 2. The van der Waals surface area contributed by atoms with Gasteiger partial charge >= 0.3 is 0 Å². The van der Waals surface area contributed by atoms with Crippen LogP contribution in [0.3, 0.4) is 0 Å². The Morgan fingerprint density at radius 1 is 0.952 bits per heavy atom. The van der Waals surface area contributed by atoms with E-state index in [4.69, 9.17) is 0 Å². The second-order valence-corrected chi connectivity index (χ2v) is 8.71. The Bertz CT molecular complexity index is 741. The lowest BCUT2D eigenvalue weighted by Crippen LogP contribution is -2.40. The molecule has 21 heavy (non-hydrogen) atoms. The summed E-state index contributed by atoms with van der Waals surface area (Å²) in [6.07, 6.45) is 0. The van der Waals surface area contributed by atoms with Crippen LogP contribution < -0.4 is 4.72 Å². The van der Waals surface area contributed by atoms with Crippen LogP contribution in [0.25, 0.3) is 0 Å². The molecule has 2 aromatic carbocycles. The predicted octanol–water partition coefficient (Wildman–Crippen LogP) is 4.43. The van der Waals surface area contributed by atoms with Crippen LogP contribution in [0, 0.1) is 0 Å².